The van der Waals surface area contributed by atoms with Crippen LogP contribution in [0.1, 0.15) is 6.85 Å². The van der Waals surface area contributed by atoms with Crippen LogP contribution in [0.4, 0.5) is 0 Å². The van der Waals surface area contributed by atoms with Gasteiger partial charge in [0.25, 0.3) is 0 Å². The first-order valence-electron chi connectivity index (χ1n) is 41.6. The normalized spacial score (nSPS) is 12.4. The Hall–Kier alpha value is -13.9. The van der Waals surface area contributed by atoms with E-state index in [0.29, 0.717) is 5.56 Å². The summed E-state index contributed by atoms with van der Waals surface area (Å²) in [6, 6.07) is 137. The Morgan fingerprint density at radius 2 is 0.470 bits per heavy atom. The summed E-state index contributed by atoms with van der Waals surface area (Å²) in [4.78, 5) is 0. The molecule has 0 nitrogen and oxygen atoms in total. The summed E-state index contributed by atoms with van der Waals surface area (Å²) in [6.45, 7) is 0. The fourth-order valence-electron chi connectivity index (χ4n) is 18.6. The Labute approximate surface area is 683 Å². The lowest BCUT2D eigenvalue weighted by molar-refractivity contribution is 1.66. The summed E-state index contributed by atoms with van der Waals surface area (Å²) in [7, 11) is 0. The molecule has 0 N–H and O–H groups in total. The van der Waals surface area contributed by atoms with Crippen LogP contribution in [0, 0.1) is 0 Å². The van der Waals surface area contributed by atoms with E-state index in [0.717, 1.165) is 32.7 Å². The van der Waals surface area contributed by atoms with Crippen LogP contribution in [-0.4, -0.2) is 0 Å². The van der Waals surface area contributed by atoms with Crippen LogP contribution in [0.5, 0.6) is 0 Å². The third-order valence-electron chi connectivity index (χ3n) is 23.6. The number of rotatable bonds is 6. The van der Waals surface area contributed by atoms with Gasteiger partial charge < -0.3 is 0 Å². The Bertz CT molecular complexity index is 8430. The van der Waals surface area contributed by atoms with E-state index in [1.807, 2.05) is 70.4 Å². The molecule has 0 aliphatic heterocycles. The highest BCUT2D eigenvalue weighted by molar-refractivity contribution is 7.27. The average Bonchev–Trinajstić information content (AvgIpc) is 1.39. The van der Waals surface area contributed by atoms with Gasteiger partial charge in [0.1, 0.15) is 0 Å². The Kier molecular flexibility index (Phi) is 14.8. The van der Waals surface area contributed by atoms with E-state index in [2.05, 4.69) is 346 Å². The zero-order valence-corrected chi connectivity index (χ0v) is 64.5. The molecule has 0 saturated carbocycles. The van der Waals surface area contributed by atoms with Crippen molar-refractivity contribution in [3.63, 3.8) is 0 Å². The summed E-state index contributed by atoms with van der Waals surface area (Å²) in [6.07, 6.45) is 0. The van der Waals surface area contributed by atoms with E-state index < -0.39 is 0 Å². The molecule has 0 amide bonds. The second-order valence-electron chi connectivity index (χ2n) is 29.9. The van der Waals surface area contributed by atoms with Crippen LogP contribution in [0.15, 0.2) is 412 Å². The lowest BCUT2D eigenvalue weighted by Gasteiger charge is -2.18. The first-order valence-corrected chi connectivity index (χ1v) is 41.5. The van der Waals surface area contributed by atoms with Crippen molar-refractivity contribution in [2.45, 2.75) is 0 Å². The predicted molar refractivity (Wildman–Crippen MR) is 506 cm³/mol. The number of hydrogen-bond acceptors (Lipinski definition) is 3. The molecular weight excluding hydrogens is 1440 g/mol. The van der Waals surface area contributed by atoms with Crippen LogP contribution in [0.25, 0.3) is 235 Å². The van der Waals surface area contributed by atoms with Crippen LogP contribution in [-0.2, 0) is 0 Å². The molecular formula is C112H68S3. The van der Waals surface area contributed by atoms with Crippen molar-refractivity contribution >= 4 is 202 Å². The molecule has 25 aromatic rings. The summed E-state index contributed by atoms with van der Waals surface area (Å²) in [5.74, 6) is 0. The van der Waals surface area contributed by atoms with Gasteiger partial charge in [-0.3, -0.25) is 0 Å². The lowest BCUT2D eigenvalue weighted by Crippen LogP contribution is -1.90. The van der Waals surface area contributed by atoms with E-state index in [1.165, 1.54) is 191 Å². The summed E-state index contributed by atoms with van der Waals surface area (Å²) in [5.41, 5.74) is 13.3. The van der Waals surface area contributed by atoms with Gasteiger partial charge in [-0.05, 0) is 223 Å². The number of hydrogen-bond donors (Lipinski definition) is 0. The summed E-state index contributed by atoms with van der Waals surface area (Å²) in [5, 5.41) is 32.2. The molecule has 3 heterocycles. The van der Waals surface area contributed by atoms with Gasteiger partial charge in [0.15, 0.2) is 0 Å². The van der Waals surface area contributed by atoms with Crippen LogP contribution < -0.4 is 0 Å². The third-order valence-corrected chi connectivity index (χ3v) is 27.1. The minimum Gasteiger partial charge on any atom is -0.135 e. The van der Waals surface area contributed by atoms with Crippen LogP contribution in [0.2, 0.25) is 0 Å². The topological polar surface area (TPSA) is 0 Å². The third kappa shape index (κ3) is 11.1. The van der Waals surface area contributed by atoms with E-state index in [1.54, 1.807) is 0 Å². The molecule has 0 radical (unpaired) electrons. The van der Waals surface area contributed by atoms with Crippen molar-refractivity contribution in [1.29, 1.82) is 0 Å². The Balaban J connectivity index is 0.000000105. The standard InChI is InChI=1S/C40H24S.2C36H22S/c1-2-11-27-23-28(18-17-25(27)9-1)38-31-13-5-7-15-33(31)39(34-16-8-6-14-32(34)38)29-19-21-35-37(24-29)41-36-22-20-26-10-3-4-12-30(26)40(35)36;1-2-11-24(12-3-1)34-27-14-6-8-16-29(27)35(30-17-9-7-15-28(30)34)25-19-20-32-31(22-25)36-26-13-5-4-10-23(26)18-21-33(36)37-32;1-2-11-24(12-3-1)34-27-14-6-8-16-29(27)35(30-17-9-7-15-28(30)34)25-19-21-33-32(22-25)31-20-18-23-10-4-5-13-26(23)36(31)37-33/h1-24H;2*1-22H/i;;1D,2D,3D,11D,12D. The molecule has 115 heavy (non-hydrogen) atoms. The summed E-state index contributed by atoms with van der Waals surface area (Å²) >= 11 is 5.60. The molecule has 534 valence electrons. The largest absolute Gasteiger partial charge is 0.135 e. The zero-order valence-electron chi connectivity index (χ0n) is 67.1. The highest BCUT2D eigenvalue weighted by Crippen LogP contribution is 2.51. The molecule has 0 unspecified atom stereocenters. The maximum Gasteiger partial charge on any atom is 0.0629 e. The zero-order chi connectivity index (χ0) is 80.0. The average molecular weight is 1520 g/mol. The highest BCUT2D eigenvalue weighted by atomic mass is 32.1. The van der Waals surface area contributed by atoms with Gasteiger partial charge in [-0.15, -0.1) is 34.0 Å². The minimum atomic E-state index is -0.386. The molecule has 3 heteroatoms. The van der Waals surface area contributed by atoms with Gasteiger partial charge in [0.2, 0.25) is 0 Å². The Morgan fingerprint density at radius 1 is 0.157 bits per heavy atom. The fraction of sp³-hybridized carbons (Fsp3) is 0. The van der Waals surface area contributed by atoms with Gasteiger partial charge in [-0.2, -0.15) is 0 Å². The van der Waals surface area contributed by atoms with Gasteiger partial charge in [-0.25, -0.2) is 0 Å². The minimum absolute atomic E-state index is 0.192. The molecule has 0 aliphatic carbocycles. The smallest absolute Gasteiger partial charge is 0.0629 e. The number of benzene rings is 22. The van der Waals surface area contributed by atoms with Crippen molar-refractivity contribution in [3.8, 4) is 66.8 Å². The van der Waals surface area contributed by atoms with Crippen molar-refractivity contribution in [3.05, 3.63) is 412 Å². The van der Waals surface area contributed by atoms with E-state index in [9.17, 15) is 0 Å². The fourth-order valence-corrected chi connectivity index (χ4v) is 22.1. The molecule has 0 spiro atoms. The molecule has 0 saturated heterocycles. The van der Waals surface area contributed by atoms with Crippen LogP contribution in [0.3, 0.4) is 0 Å². The van der Waals surface area contributed by atoms with Crippen molar-refractivity contribution in [1.82, 2.24) is 0 Å². The Morgan fingerprint density at radius 3 is 0.965 bits per heavy atom. The predicted octanol–water partition coefficient (Wildman–Crippen LogP) is 33.7. The summed E-state index contributed by atoms with van der Waals surface area (Å²) < 4.78 is 50.3. The quantitative estimate of drug-likeness (QED) is 0.146. The molecule has 25 rings (SSSR count). The maximum absolute atomic E-state index is 8.78. The van der Waals surface area contributed by atoms with Gasteiger partial charge in [-0.1, -0.05) is 364 Å². The molecule has 22 aromatic carbocycles. The first kappa shape index (κ1) is 61.7. The second-order valence-corrected chi connectivity index (χ2v) is 33.1. The number of fused-ring (bicyclic) bond motifs is 22. The monoisotopic (exact) mass is 1510 g/mol. The van der Waals surface area contributed by atoms with Gasteiger partial charge in [0, 0.05) is 60.5 Å². The van der Waals surface area contributed by atoms with Gasteiger partial charge >= 0.3 is 0 Å². The number of thiophene rings is 3. The van der Waals surface area contributed by atoms with Crippen molar-refractivity contribution in [2.24, 2.45) is 0 Å². The SMILES string of the molecule is [2H]c1c([2H])c([2H])c(-c2c3ccccc3c(-c3ccc4sc5c6ccccc6ccc5c4c3)c3ccccc23)c([2H])c1[2H].c1ccc(-c2c3ccccc3c(-c3ccc4sc5ccc6ccccc6c5c4c3)c3ccccc23)cc1.c1ccc2cc(-c3c4ccccc4c(-c4ccc5c(c4)sc4ccc6ccccc6c45)c4ccccc34)ccc2c1. The van der Waals surface area contributed by atoms with Crippen LogP contribution >= 0.6 is 34.0 Å². The molecule has 3 aromatic heterocycles. The lowest BCUT2D eigenvalue weighted by atomic mass is 9.85. The van der Waals surface area contributed by atoms with E-state index >= 15 is 0 Å². The first-order chi connectivity index (χ1) is 59.1. The maximum atomic E-state index is 8.78. The van der Waals surface area contributed by atoms with Crippen molar-refractivity contribution < 1.29 is 6.85 Å². The van der Waals surface area contributed by atoms with E-state index in [-0.39, 0.29) is 35.8 Å². The second kappa shape index (κ2) is 27.5. The molecule has 0 fully saturated rings. The molecule has 0 bridgehead atoms. The highest BCUT2D eigenvalue weighted by Gasteiger charge is 2.23. The van der Waals surface area contributed by atoms with Gasteiger partial charge in [0.05, 0.1) is 6.85 Å². The van der Waals surface area contributed by atoms with Crippen molar-refractivity contribution in [2.75, 3.05) is 0 Å². The molecule has 0 aliphatic rings. The van der Waals surface area contributed by atoms with E-state index in [4.69, 9.17) is 6.85 Å². The molecule has 0 atom stereocenters.